The Balaban J connectivity index is 1.51. The van der Waals surface area contributed by atoms with E-state index >= 15 is 0 Å². The summed E-state index contributed by atoms with van der Waals surface area (Å²) in [5.74, 6) is 2.84. The van der Waals surface area contributed by atoms with Gasteiger partial charge in [-0.3, -0.25) is 9.69 Å². The molecular formula is C22H34N2O3. The summed E-state index contributed by atoms with van der Waals surface area (Å²) in [6, 6.07) is 6.17. The number of benzene rings is 1. The van der Waals surface area contributed by atoms with Crippen LogP contribution in [0.15, 0.2) is 18.2 Å². The summed E-state index contributed by atoms with van der Waals surface area (Å²) in [7, 11) is 1.68. The molecule has 1 atom stereocenters. The molecule has 0 spiro atoms. The lowest BCUT2D eigenvalue weighted by atomic mass is 9.92. The Morgan fingerprint density at radius 1 is 1.15 bits per heavy atom. The molecule has 0 aromatic heterocycles. The van der Waals surface area contributed by atoms with Crippen LogP contribution >= 0.6 is 0 Å². The average molecular weight is 375 g/mol. The molecule has 0 radical (unpaired) electrons. The van der Waals surface area contributed by atoms with Crippen molar-refractivity contribution in [3.63, 3.8) is 0 Å². The molecule has 3 rings (SSSR count). The number of hydrogen-bond donors (Lipinski definition) is 0. The Labute approximate surface area is 163 Å². The summed E-state index contributed by atoms with van der Waals surface area (Å²) in [6.07, 6.45) is 4.36. The number of amides is 1. The van der Waals surface area contributed by atoms with Crippen LogP contribution in [-0.4, -0.2) is 55.6 Å². The molecule has 0 bridgehead atoms. The third kappa shape index (κ3) is 5.16. The number of methoxy groups -OCH3 is 1. The highest BCUT2D eigenvalue weighted by atomic mass is 16.5. The first kappa shape index (κ1) is 20.0. The lowest BCUT2D eigenvalue weighted by Crippen LogP contribution is -2.45. The number of carbonyl (C=O) groups excluding carboxylic acids is 1. The lowest BCUT2D eigenvalue weighted by Gasteiger charge is -2.37. The van der Waals surface area contributed by atoms with Crippen LogP contribution in [0.3, 0.4) is 0 Å². The van der Waals surface area contributed by atoms with Crippen LogP contribution in [0, 0.1) is 11.8 Å². The van der Waals surface area contributed by atoms with Crippen LogP contribution in [0.1, 0.15) is 45.1 Å². The number of likely N-dealkylation sites (tertiary alicyclic amines) is 2. The van der Waals surface area contributed by atoms with Crippen molar-refractivity contribution in [1.82, 2.24) is 9.80 Å². The van der Waals surface area contributed by atoms with E-state index in [-0.39, 0.29) is 5.92 Å². The maximum atomic E-state index is 12.8. The van der Waals surface area contributed by atoms with E-state index in [4.69, 9.17) is 9.47 Å². The second-order valence-electron chi connectivity index (χ2n) is 8.00. The molecule has 0 saturated carbocycles. The van der Waals surface area contributed by atoms with Gasteiger partial charge in [0.05, 0.1) is 13.7 Å². The molecule has 5 nitrogen and oxygen atoms in total. The monoisotopic (exact) mass is 374 g/mol. The molecule has 1 amide bonds. The number of rotatable bonds is 6. The molecule has 27 heavy (non-hydrogen) atoms. The Bertz CT molecular complexity index is 626. The van der Waals surface area contributed by atoms with Gasteiger partial charge in [0.25, 0.3) is 0 Å². The normalized spacial score (nSPS) is 21.9. The quantitative estimate of drug-likeness (QED) is 0.763. The standard InChI is InChI=1S/C22H34N2O3/c1-4-27-20-8-7-18(14-21(20)26-3)16-23-12-9-19(10-13-23)22(25)24-11-5-6-17(2)15-24/h7-8,14,17,19H,4-6,9-13,15-16H2,1-3H3. The fourth-order valence-electron chi connectivity index (χ4n) is 4.33. The lowest BCUT2D eigenvalue weighted by molar-refractivity contribution is -0.138. The fourth-order valence-corrected chi connectivity index (χ4v) is 4.33. The van der Waals surface area contributed by atoms with E-state index in [1.165, 1.54) is 12.0 Å². The molecule has 1 unspecified atom stereocenters. The number of hydrogen-bond acceptors (Lipinski definition) is 4. The van der Waals surface area contributed by atoms with Gasteiger partial charge < -0.3 is 14.4 Å². The van der Waals surface area contributed by atoms with Gasteiger partial charge in [0.2, 0.25) is 5.91 Å². The smallest absolute Gasteiger partial charge is 0.225 e. The number of ether oxygens (including phenoxy) is 2. The second kappa shape index (κ2) is 9.45. The zero-order chi connectivity index (χ0) is 19.2. The molecule has 0 aliphatic carbocycles. The highest BCUT2D eigenvalue weighted by molar-refractivity contribution is 5.79. The predicted molar refractivity (Wildman–Crippen MR) is 107 cm³/mol. The topological polar surface area (TPSA) is 42.0 Å². The minimum absolute atomic E-state index is 0.210. The van der Waals surface area contributed by atoms with E-state index in [1.54, 1.807) is 7.11 Å². The van der Waals surface area contributed by atoms with Crippen LogP contribution in [0.25, 0.3) is 0 Å². The van der Waals surface area contributed by atoms with Crippen molar-refractivity contribution in [2.24, 2.45) is 11.8 Å². The summed E-state index contributed by atoms with van der Waals surface area (Å²) in [4.78, 5) is 17.4. The van der Waals surface area contributed by atoms with E-state index < -0.39 is 0 Å². The largest absolute Gasteiger partial charge is 0.493 e. The Hall–Kier alpha value is -1.75. The van der Waals surface area contributed by atoms with Crippen molar-refractivity contribution in [2.75, 3.05) is 39.9 Å². The number of nitrogens with zero attached hydrogens (tertiary/aromatic N) is 2. The molecule has 0 N–H and O–H groups in total. The van der Waals surface area contributed by atoms with Gasteiger partial charge in [0, 0.05) is 25.6 Å². The van der Waals surface area contributed by atoms with Gasteiger partial charge in [-0.1, -0.05) is 13.0 Å². The first-order valence-corrected chi connectivity index (χ1v) is 10.4. The van der Waals surface area contributed by atoms with E-state index in [2.05, 4.69) is 28.9 Å². The fraction of sp³-hybridized carbons (Fsp3) is 0.682. The molecular weight excluding hydrogens is 340 g/mol. The molecule has 2 fully saturated rings. The van der Waals surface area contributed by atoms with Crippen LogP contribution in [0.4, 0.5) is 0 Å². The second-order valence-corrected chi connectivity index (χ2v) is 8.00. The molecule has 2 aliphatic heterocycles. The Morgan fingerprint density at radius 2 is 1.93 bits per heavy atom. The van der Waals surface area contributed by atoms with Gasteiger partial charge in [0.15, 0.2) is 11.5 Å². The zero-order valence-electron chi connectivity index (χ0n) is 17.1. The van der Waals surface area contributed by atoms with Crippen molar-refractivity contribution in [2.45, 2.75) is 46.1 Å². The van der Waals surface area contributed by atoms with Crippen molar-refractivity contribution in [3.8, 4) is 11.5 Å². The van der Waals surface area contributed by atoms with Crippen LogP contribution in [0.2, 0.25) is 0 Å². The van der Waals surface area contributed by atoms with E-state index in [1.807, 2.05) is 13.0 Å². The Kier molecular flexibility index (Phi) is 7.00. The summed E-state index contributed by atoms with van der Waals surface area (Å²) >= 11 is 0. The summed E-state index contributed by atoms with van der Waals surface area (Å²) in [6.45, 7) is 9.62. The van der Waals surface area contributed by atoms with E-state index in [0.29, 0.717) is 18.4 Å². The van der Waals surface area contributed by atoms with Crippen molar-refractivity contribution < 1.29 is 14.3 Å². The number of carbonyl (C=O) groups is 1. The third-order valence-corrected chi connectivity index (χ3v) is 5.84. The van der Waals surface area contributed by atoms with Gasteiger partial charge in [-0.05, 0) is 69.3 Å². The van der Waals surface area contributed by atoms with Gasteiger partial charge in [-0.25, -0.2) is 0 Å². The number of piperidine rings is 2. The van der Waals surface area contributed by atoms with Crippen LogP contribution in [-0.2, 0) is 11.3 Å². The predicted octanol–water partition coefficient (Wildman–Crippen LogP) is 3.56. The SMILES string of the molecule is CCOc1ccc(CN2CCC(C(=O)N3CCCC(C)C3)CC2)cc1OC. The maximum Gasteiger partial charge on any atom is 0.225 e. The zero-order valence-corrected chi connectivity index (χ0v) is 17.1. The van der Waals surface area contributed by atoms with Gasteiger partial charge in [-0.2, -0.15) is 0 Å². The van der Waals surface area contributed by atoms with Gasteiger partial charge >= 0.3 is 0 Å². The Morgan fingerprint density at radius 3 is 2.59 bits per heavy atom. The maximum absolute atomic E-state index is 12.8. The summed E-state index contributed by atoms with van der Waals surface area (Å²) in [5.41, 5.74) is 1.23. The third-order valence-electron chi connectivity index (χ3n) is 5.84. The van der Waals surface area contributed by atoms with Crippen molar-refractivity contribution in [1.29, 1.82) is 0 Å². The van der Waals surface area contributed by atoms with Crippen LogP contribution in [0.5, 0.6) is 11.5 Å². The molecule has 1 aromatic carbocycles. The molecule has 2 saturated heterocycles. The first-order chi connectivity index (χ1) is 13.1. The van der Waals surface area contributed by atoms with E-state index in [0.717, 1.165) is 63.5 Å². The summed E-state index contributed by atoms with van der Waals surface area (Å²) in [5, 5.41) is 0. The molecule has 1 aromatic rings. The van der Waals surface area contributed by atoms with Crippen molar-refractivity contribution in [3.05, 3.63) is 23.8 Å². The highest BCUT2D eigenvalue weighted by Gasteiger charge is 2.30. The molecule has 5 heteroatoms. The van der Waals surface area contributed by atoms with Gasteiger partial charge in [-0.15, -0.1) is 0 Å². The first-order valence-electron chi connectivity index (χ1n) is 10.4. The van der Waals surface area contributed by atoms with Gasteiger partial charge in [0.1, 0.15) is 0 Å². The average Bonchev–Trinajstić information content (AvgIpc) is 2.69. The van der Waals surface area contributed by atoms with Crippen LogP contribution < -0.4 is 9.47 Å². The minimum atomic E-state index is 0.210. The molecule has 150 valence electrons. The molecule has 2 heterocycles. The van der Waals surface area contributed by atoms with Crippen molar-refractivity contribution >= 4 is 5.91 Å². The highest BCUT2D eigenvalue weighted by Crippen LogP contribution is 2.29. The van der Waals surface area contributed by atoms with E-state index in [9.17, 15) is 4.79 Å². The minimum Gasteiger partial charge on any atom is -0.493 e. The molecule has 2 aliphatic rings. The summed E-state index contributed by atoms with van der Waals surface area (Å²) < 4.78 is 11.1.